The molecule has 264 valence electrons. The first-order chi connectivity index (χ1) is 23.0. The van der Waals surface area contributed by atoms with Gasteiger partial charge in [0.05, 0.1) is 23.2 Å². The second-order valence-corrected chi connectivity index (χ2v) is 16.2. The van der Waals surface area contributed by atoms with Crippen LogP contribution in [-0.2, 0) is 45.3 Å². The van der Waals surface area contributed by atoms with Crippen LogP contribution in [0.3, 0.4) is 0 Å². The number of benzene rings is 3. The molecule has 0 saturated carbocycles. The highest BCUT2D eigenvalue weighted by molar-refractivity contribution is 7.87. The Hall–Kier alpha value is -3.93. The maximum atomic E-state index is 12.5. The lowest BCUT2D eigenvalue weighted by Crippen LogP contribution is -2.32. The molecule has 49 heavy (non-hydrogen) atoms. The highest BCUT2D eigenvalue weighted by atomic mass is 32.2. The third-order valence-electron chi connectivity index (χ3n) is 8.38. The molecule has 1 atom stereocenters. The molecular weight excluding hydrogens is 697 g/mol. The summed E-state index contributed by atoms with van der Waals surface area (Å²) in [5, 5.41) is 3.30. The average Bonchev–Trinajstić information content (AvgIpc) is 3.26. The number of para-hydroxylation sites is 1. The van der Waals surface area contributed by atoms with Crippen LogP contribution in [0.15, 0.2) is 88.8 Å². The fourth-order valence-corrected chi connectivity index (χ4v) is 8.00. The lowest BCUT2D eigenvalue weighted by atomic mass is 9.73. The molecule has 3 aromatic carbocycles. The molecule has 0 fully saturated rings. The molecule has 0 bridgehead atoms. The van der Waals surface area contributed by atoms with Crippen LogP contribution in [0.25, 0.3) is 10.8 Å². The van der Waals surface area contributed by atoms with Gasteiger partial charge in [0.15, 0.2) is 5.71 Å². The SMILES string of the molecule is COC(=O)CCCCCC1(C)C(/C=C/C=C/Nc2ccccc2)=[N+](CCCS(=O)(=O)O)c2ccc3c(S(=O)(=O)O)cc(S(=O)(=O)O)cc3c21. The highest BCUT2D eigenvalue weighted by Crippen LogP contribution is 2.48. The zero-order valence-corrected chi connectivity index (χ0v) is 29.4. The summed E-state index contributed by atoms with van der Waals surface area (Å²) in [7, 11) is -12.9. The molecule has 1 aliphatic heterocycles. The molecule has 0 amide bonds. The van der Waals surface area contributed by atoms with Gasteiger partial charge >= 0.3 is 5.97 Å². The summed E-state index contributed by atoms with van der Waals surface area (Å²) in [6.07, 6.45) is 9.38. The van der Waals surface area contributed by atoms with E-state index in [0.717, 1.165) is 11.8 Å². The lowest BCUT2D eigenvalue weighted by molar-refractivity contribution is -0.437. The van der Waals surface area contributed by atoms with Crippen molar-refractivity contribution in [1.82, 2.24) is 0 Å². The summed E-state index contributed by atoms with van der Waals surface area (Å²) in [5.41, 5.74) is 1.55. The van der Waals surface area contributed by atoms with E-state index < -0.39 is 51.3 Å². The van der Waals surface area contributed by atoms with E-state index in [0.29, 0.717) is 48.7 Å². The maximum absolute atomic E-state index is 12.5. The third-order valence-corrected chi connectivity index (χ3v) is 10.9. The highest BCUT2D eigenvalue weighted by Gasteiger charge is 2.48. The molecule has 13 nitrogen and oxygen atoms in total. The number of ether oxygens (including phenoxy) is 1. The number of carbonyl (C=O) groups is 1. The van der Waals surface area contributed by atoms with E-state index in [1.54, 1.807) is 24.4 Å². The first-order valence-electron chi connectivity index (χ1n) is 15.3. The zero-order chi connectivity index (χ0) is 36.0. The fraction of sp³-hybridized carbons (Fsp3) is 0.333. The van der Waals surface area contributed by atoms with Gasteiger partial charge in [-0.1, -0.05) is 37.1 Å². The Morgan fingerprint density at radius 2 is 1.59 bits per heavy atom. The summed E-state index contributed by atoms with van der Waals surface area (Å²) in [5.74, 6) is -0.885. The minimum Gasteiger partial charge on any atom is -0.469 e. The van der Waals surface area contributed by atoms with Crippen LogP contribution in [0.5, 0.6) is 0 Å². The van der Waals surface area contributed by atoms with Crippen LogP contribution < -0.4 is 5.32 Å². The van der Waals surface area contributed by atoms with Gasteiger partial charge in [-0.3, -0.25) is 18.5 Å². The van der Waals surface area contributed by atoms with Crippen molar-refractivity contribution in [2.24, 2.45) is 0 Å². The molecule has 0 aromatic heterocycles. The summed E-state index contributed by atoms with van der Waals surface area (Å²) >= 11 is 0. The van der Waals surface area contributed by atoms with Crippen LogP contribution in [0.4, 0.5) is 11.4 Å². The van der Waals surface area contributed by atoms with Crippen LogP contribution >= 0.6 is 0 Å². The monoisotopic (exact) mass is 735 g/mol. The van der Waals surface area contributed by atoms with Crippen molar-refractivity contribution in [3.63, 3.8) is 0 Å². The first-order valence-corrected chi connectivity index (χ1v) is 19.8. The Bertz CT molecular complexity index is 2140. The van der Waals surface area contributed by atoms with Gasteiger partial charge in [0, 0.05) is 47.8 Å². The molecule has 1 aliphatic rings. The Morgan fingerprint density at radius 1 is 0.878 bits per heavy atom. The topological polar surface area (TPSA) is 204 Å². The van der Waals surface area contributed by atoms with E-state index in [2.05, 4.69) is 5.32 Å². The number of allylic oxidation sites excluding steroid dienone is 3. The quantitative estimate of drug-likeness (QED) is 0.0488. The van der Waals surface area contributed by atoms with Crippen molar-refractivity contribution in [3.8, 4) is 0 Å². The normalized spacial score (nSPS) is 16.9. The maximum Gasteiger partial charge on any atom is 0.305 e. The van der Waals surface area contributed by atoms with Crippen LogP contribution in [0.1, 0.15) is 51.0 Å². The Balaban J connectivity index is 1.91. The number of nitrogens with one attached hydrogen (secondary N) is 1. The molecule has 0 aliphatic carbocycles. The fourth-order valence-electron chi connectivity index (χ4n) is 6.17. The summed E-state index contributed by atoms with van der Waals surface area (Å²) in [6.45, 7) is 1.98. The number of hydrogen-bond donors (Lipinski definition) is 4. The number of fused-ring (bicyclic) bond motifs is 3. The predicted octanol–water partition coefficient (Wildman–Crippen LogP) is 5.27. The standard InChI is InChI=1S/C33H38N2O11S3/c1-33(18-9-4-7-15-31(36)46-2)30(14-8-10-19-34-24-12-5-3-6-13-24)35(20-11-21-47(37,38)39)28-17-16-26-27(32(28)33)22-25(48(40,41)42)23-29(26)49(43,44)45/h3,5-6,8,10,12-14,16-17,19,22-23H,4,7,9,11,15,18,20-21H2,1-2H3,(H3,37,38,39,40,41,42,43,44,45)/p+1. The summed E-state index contributed by atoms with van der Waals surface area (Å²) in [4.78, 5) is 10.3. The van der Waals surface area contributed by atoms with E-state index in [9.17, 15) is 43.7 Å². The van der Waals surface area contributed by atoms with Crippen molar-refractivity contribution in [1.29, 1.82) is 0 Å². The summed E-state index contributed by atoms with van der Waals surface area (Å²) in [6, 6.07) is 14.3. The molecule has 4 rings (SSSR count). The number of carbonyl (C=O) groups excluding carboxylic acids is 1. The molecule has 16 heteroatoms. The number of hydrogen-bond acceptors (Lipinski definition) is 9. The number of methoxy groups -OCH3 is 1. The van der Waals surface area contributed by atoms with Gasteiger partial charge < -0.3 is 10.1 Å². The minimum atomic E-state index is -4.97. The molecule has 0 saturated heterocycles. The van der Waals surface area contributed by atoms with Gasteiger partial charge in [-0.15, -0.1) is 0 Å². The average molecular weight is 736 g/mol. The van der Waals surface area contributed by atoms with Gasteiger partial charge in [0.1, 0.15) is 11.4 Å². The van der Waals surface area contributed by atoms with Crippen molar-refractivity contribution in [3.05, 3.63) is 84.6 Å². The zero-order valence-electron chi connectivity index (χ0n) is 26.9. The van der Waals surface area contributed by atoms with Gasteiger partial charge in [0.25, 0.3) is 30.4 Å². The van der Waals surface area contributed by atoms with Gasteiger partial charge in [-0.05, 0) is 61.6 Å². The molecule has 3 aromatic rings. The largest absolute Gasteiger partial charge is 0.469 e. The summed E-state index contributed by atoms with van der Waals surface area (Å²) < 4.78 is 109. The number of nitrogens with zero attached hydrogens (tertiary/aromatic N) is 1. The Kier molecular flexibility index (Phi) is 11.8. The Labute approximate surface area is 286 Å². The van der Waals surface area contributed by atoms with Crippen LogP contribution in [-0.4, -0.2) is 74.6 Å². The van der Waals surface area contributed by atoms with Crippen LogP contribution in [0.2, 0.25) is 0 Å². The minimum absolute atomic E-state index is 0.00951. The van der Waals surface area contributed by atoms with E-state index in [-0.39, 0.29) is 36.1 Å². The number of esters is 1. The van der Waals surface area contributed by atoms with E-state index in [4.69, 9.17) is 4.74 Å². The van der Waals surface area contributed by atoms with Gasteiger partial charge in [-0.25, -0.2) is 0 Å². The van der Waals surface area contributed by atoms with Crippen molar-refractivity contribution in [2.75, 3.05) is 24.7 Å². The van der Waals surface area contributed by atoms with Crippen LogP contribution in [0, 0.1) is 0 Å². The molecule has 1 unspecified atom stereocenters. The molecule has 0 spiro atoms. The number of rotatable bonds is 16. The number of unbranched alkanes of at least 4 members (excludes halogenated alkanes) is 2. The second-order valence-electron chi connectivity index (χ2n) is 11.8. The van der Waals surface area contributed by atoms with Crippen molar-refractivity contribution in [2.45, 2.75) is 60.7 Å². The van der Waals surface area contributed by atoms with Gasteiger partial charge in [-0.2, -0.15) is 29.8 Å². The molecule has 1 heterocycles. The molecular formula is C33H39N2O11S3+. The third kappa shape index (κ3) is 9.40. The molecule has 4 N–H and O–H groups in total. The van der Waals surface area contributed by atoms with E-state index in [1.165, 1.54) is 13.2 Å². The van der Waals surface area contributed by atoms with Crippen molar-refractivity contribution >= 4 is 64.2 Å². The molecule has 0 radical (unpaired) electrons. The Morgan fingerprint density at radius 3 is 2.22 bits per heavy atom. The van der Waals surface area contributed by atoms with E-state index in [1.807, 2.05) is 47.9 Å². The second kappa shape index (κ2) is 15.3. The first kappa shape index (κ1) is 37.9. The smallest absolute Gasteiger partial charge is 0.305 e. The van der Waals surface area contributed by atoms with E-state index >= 15 is 0 Å². The lowest BCUT2D eigenvalue weighted by Gasteiger charge is -2.24. The predicted molar refractivity (Wildman–Crippen MR) is 185 cm³/mol. The van der Waals surface area contributed by atoms with Gasteiger partial charge in [0.2, 0.25) is 5.69 Å². The number of anilines is 1. The van der Waals surface area contributed by atoms with Crippen molar-refractivity contribution < 1.29 is 53.0 Å².